The summed E-state index contributed by atoms with van der Waals surface area (Å²) >= 11 is 16.0. The van der Waals surface area contributed by atoms with Gasteiger partial charge in [-0.15, -0.1) is 0 Å². The van der Waals surface area contributed by atoms with E-state index in [-0.39, 0.29) is 25.5 Å². The predicted molar refractivity (Wildman–Crippen MR) is 171 cm³/mol. The molecule has 1 aromatic heterocycles. The summed E-state index contributed by atoms with van der Waals surface area (Å²) in [6.45, 7) is 6.87. The average Bonchev–Trinajstić information content (AvgIpc) is 3.48. The Morgan fingerprint density at radius 2 is 1.81 bits per heavy atom. The number of amides is 1. The monoisotopic (exact) mass is 640 g/mol. The normalized spacial score (nSPS) is 14.3. The number of carboxylic acids is 1. The van der Waals surface area contributed by atoms with Crippen molar-refractivity contribution >= 4 is 85.8 Å². The SMILES string of the molecule is CCN1/C(=C/c2sc3ccc(Cl)cc3[n+]2CNC(=O)CCN(c2ccc(C)cc2)C(C)C(=O)[O-])Sc2ccc(Cl)cc21. The zero-order chi connectivity index (χ0) is 30.0. The van der Waals surface area contributed by atoms with E-state index in [1.165, 1.54) is 0 Å². The van der Waals surface area contributed by atoms with Gasteiger partial charge in [0.2, 0.25) is 18.1 Å². The van der Waals surface area contributed by atoms with Crippen LogP contribution in [0.5, 0.6) is 0 Å². The number of aryl methyl sites for hydroxylation is 1. The number of nitrogens with zero attached hydrogens (tertiary/aromatic N) is 3. The smallest absolute Gasteiger partial charge is 0.267 e. The fourth-order valence-corrected chi connectivity index (χ4v) is 7.47. The molecule has 0 radical (unpaired) electrons. The number of rotatable bonds is 10. The number of carboxylic acid groups (broad SMARTS) is 1. The van der Waals surface area contributed by atoms with E-state index in [0.717, 1.165) is 48.6 Å². The Labute approximate surface area is 263 Å². The van der Waals surface area contributed by atoms with Gasteiger partial charge in [0.15, 0.2) is 0 Å². The van der Waals surface area contributed by atoms with Crippen LogP contribution in [0.2, 0.25) is 10.0 Å². The topological polar surface area (TPSA) is 79.6 Å². The first kappa shape index (κ1) is 30.2. The van der Waals surface area contributed by atoms with Gasteiger partial charge in [-0.05, 0) is 63.2 Å². The number of halogens is 2. The highest BCUT2D eigenvalue weighted by Gasteiger charge is 2.28. The van der Waals surface area contributed by atoms with Crippen LogP contribution in [0.1, 0.15) is 30.8 Å². The van der Waals surface area contributed by atoms with Gasteiger partial charge >= 0.3 is 0 Å². The molecule has 1 aliphatic rings. The van der Waals surface area contributed by atoms with Crippen LogP contribution in [0.25, 0.3) is 16.3 Å². The maximum absolute atomic E-state index is 13.1. The number of aliphatic carboxylic acids is 1. The number of benzene rings is 3. The Balaban J connectivity index is 1.37. The average molecular weight is 642 g/mol. The van der Waals surface area contributed by atoms with E-state index >= 15 is 0 Å². The number of carbonyl (C=O) groups excluding carboxylic acids is 2. The number of aromatic nitrogens is 1. The second-order valence-corrected chi connectivity index (χ2v) is 13.0. The molecule has 1 N–H and O–H groups in total. The summed E-state index contributed by atoms with van der Waals surface area (Å²) in [5.41, 5.74) is 3.78. The second kappa shape index (κ2) is 13.0. The lowest BCUT2D eigenvalue weighted by molar-refractivity contribution is -0.672. The molecule has 5 rings (SSSR count). The standard InChI is InChI=1S/C31H30Cl2N4O3S2/c1-4-35-24-15-21(32)7-11-26(24)41-29(35)17-30-37(25-16-22(33)8-12-27(25)42-30)18-34-28(38)13-14-36(20(3)31(39)40)23-9-5-19(2)6-10-23/h5-12,15-17,20H,4,13-14,18H2,1-3H3,(H-,34,38,39,40). The number of hydrogen-bond donors (Lipinski definition) is 1. The molecule has 4 aromatic rings. The number of anilines is 2. The maximum atomic E-state index is 13.1. The van der Waals surface area contributed by atoms with Crippen LogP contribution >= 0.6 is 46.3 Å². The Hall–Kier alpha value is -3.24. The van der Waals surface area contributed by atoms with E-state index in [0.29, 0.717) is 10.0 Å². The lowest BCUT2D eigenvalue weighted by Crippen LogP contribution is -2.48. The van der Waals surface area contributed by atoms with Gasteiger partial charge in [-0.25, -0.2) is 0 Å². The number of carbonyl (C=O) groups is 2. The first-order chi connectivity index (χ1) is 20.1. The summed E-state index contributed by atoms with van der Waals surface area (Å²) in [6, 6.07) is 18.3. The number of thioether (sulfide) groups is 1. The van der Waals surface area contributed by atoms with Gasteiger partial charge in [-0.1, -0.05) is 64.0 Å². The van der Waals surface area contributed by atoms with Gasteiger partial charge < -0.3 is 25.0 Å². The molecule has 7 nitrogen and oxygen atoms in total. The van der Waals surface area contributed by atoms with Gasteiger partial charge in [0.1, 0.15) is 4.70 Å². The molecule has 1 unspecified atom stereocenters. The highest BCUT2D eigenvalue weighted by atomic mass is 35.5. The summed E-state index contributed by atoms with van der Waals surface area (Å²) in [6.07, 6.45) is 2.24. The molecule has 0 saturated carbocycles. The summed E-state index contributed by atoms with van der Waals surface area (Å²) < 4.78 is 3.09. The Morgan fingerprint density at radius 1 is 1.10 bits per heavy atom. The van der Waals surface area contributed by atoms with E-state index in [1.54, 1.807) is 34.9 Å². The molecule has 0 bridgehead atoms. The Bertz CT molecular complexity index is 1670. The molecule has 1 amide bonds. The molecule has 42 heavy (non-hydrogen) atoms. The molecule has 2 heterocycles. The van der Waals surface area contributed by atoms with Gasteiger partial charge in [0.05, 0.1) is 28.8 Å². The molecular formula is C31H30Cl2N4O3S2. The molecule has 0 fully saturated rings. The van der Waals surface area contributed by atoms with E-state index in [2.05, 4.69) is 23.2 Å². The fraction of sp³-hybridized carbons (Fsp3) is 0.258. The van der Waals surface area contributed by atoms with E-state index in [4.69, 9.17) is 23.2 Å². The fourth-order valence-electron chi connectivity index (χ4n) is 4.85. The molecule has 1 aliphatic heterocycles. The zero-order valence-corrected chi connectivity index (χ0v) is 26.5. The maximum Gasteiger partial charge on any atom is 0.267 e. The molecule has 1 atom stereocenters. The summed E-state index contributed by atoms with van der Waals surface area (Å²) in [4.78, 5) is 29.8. The number of nitrogens with one attached hydrogen (secondary N) is 1. The summed E-state index contributed by atoms with van der Waals surface area (Å²) in [5, 5.41) is 18.0. The van der Waals surface area contributed by atoms with E-state index < -0.39 is 12.0 Å². The largest absolute Gasteiger partial charge is 0.548 e. The molecule has 11 heteroatoms. The highest BCUT2D eigenvalue weighted by molar-refractivity contribution is 8.03. The quantitative estimate of drug-likeness (QED) is 0.219. The molecule has 218 valence electrons. The Morgan fingerprint density at radius 3 is 2.52 bits per heavy atom. The lowest BCUT2D eigenvalue weighted by atomic mass is 10.1. The van der Waals surface area contributed by atoms with Crippen molar-refractivity contribution in [1.29, 1.82) is 0 Å². The van der Waals surface area contributed by atoms with Gasteiger partial charge in [-0.3, -0.25) is 4.79 Å². The van der Waals surface area contributed by atoms with Gasteiger partial charge in [0, 0.05) is 46.2 Å². The van der Waals surface area contributed by atoms with Crippen molar-refractivity contribution in [2.75, 3.05) is 22.9 Å². The molecule has 0 aliphatic carbocycles. The van der Waals surface area contributed by atoms with Crippen molar-refractivity contribution in [3.8, 4) is 0 Å². The van der Waals surface area contributed by atoms with Crippen molar-refractivity contribution in [3.63, 3.8) is 0 Å². The van der Waals surface area contributed by atoms with Crippen molar-refractivity contribution in [1.82, 2.24) is 5.32 Å². The van der Waals surface area contributed by atoms with Crippen molar-refractivity contribution in [3.05, 3.63) is 86.3 Å². The zero-order valence-electron chi connectivity index (χ0n) is 23.4. The lowest BCUT2D eigenvalue weighted by Gasteiger charge is -2.32. The van der Waals surface area contributed by atoms with Crippen LogP contribution in [0.15, 0.2) is 70.6 Å². The first-order valence-corrected chi connectivity index (χ1v) is 15.9. The third-order valence-electron chi connectivity index (χ3n) is 7.14. The summed E-state index contributed by atoms with van der Waals surface area (Å²) in [5.74, 6) is -1.39. The van der Waals surface area contributed by atoms with E-state index in [9.17, 15) is 14.7 Å². The van der Waals surface area contributed by atoms with Crippen molar-refractivity contribution in [2.24, 2.45) is 0 Å². The second-order valence-electron chi connectivity index (χ2n) is 9.95. The molecule has 3 aromatic carbocycles. The molecule has 0 saturated heterocycles. The number of fused-ring (bicyclic) bond motifs is 2. The van der Waals surface area contributed by atoms with Crippen LogP contribution < -0.4 is 24.8 Å². The highest BCUT2D eigenvalue weighted by Crippen LogP contribution is 2.47. The van der Waals surface area contributed by atoms with Crippen LogP contribution in [0.3, 0.4) is 0 Å². The Kier molecular flexibility index (Phi) is 9.32. The minimum Gasteiger partial charge on any atom is -0.548 e. The number of hydrogen-bond acceptors (Lipinski definition) is 7. The van der Waals surface area contributed by atoms with Crippen molar-refractivity contribution in [2.45, 2.75) is 44.8 Å². The third-order valence-corrected chi connectivity index (χ3v) is 9.83. The van der Waals surface area contributed by atoms with Crippen LogP contribution in [-0.4, -0.2) is 31.0 Å². The van der Waals surface area contributed by atoms with Crippen LogP contribution in [-0.2, 0) is 16.3 Å². The minimum absolute atomic E-state index is 0.112. The minimum atomic E-state index is -1.19. The first-order valence-electron chi connectivity index (χ1n) is 13.5. The number of thiazole rings is 1. The molecular weight excluding hydrogens is 611 g/mol. The van der Waals surface area contributed by atoms with Crippen LogP contribution in [0.4, 0.5) is 11.4 Å². The van der Waals surface area contributed by atoms with Crippen LogP contribution in [0, 0.1) is 6.92 Å². The van der Waals surface area contributed by atoms with Gasteiger partial charge in [0.25, 0.3) is 5.01 Å². The predicted octanol–water partition coefficient (Wildman–Crippen LogP) is 5.84. The van der Waals surface area contributed by atoms with Gasteiger partial charge in [-0.2, -0.15) is 4.57 Å². The van der Waals surface area contributed by atoms with Crippen molar-refractivity contribution < 1.29 is 19.3 Å². The third kappa shape index (κ3) is 6.54. The molecule has 0 spiro atoms. The summed E-state index contributed by atoms with van der Waals surface area (Å²) in [7, 11) is 0. The van der Waals surface area contributed by atoms with E-state index in [1.807, 2.05) is 72.2 Å².